The molecular weight excluding hydrogens is 356 g/mol. The molecule has 0 aliphatic carbocycles. The van der Waals surface area contributed by atoms with E-state index in [1.54, 1.807) is 6.92 Å². The number of hydrogen-bond donors (Lipinski definition) is 0. The van der Waals surface area contributed by atoms with Gasteiger partial charge in [0.2, 0.25) is 11.7 Å². The van der Waals surface area contributed by atoms with E-state index in [9.17, 15) is 4.79 Å². The molecule has 2 aliphatic rings. The number of amides is 1. The molecule has 1 amide bonds. The van der Waals surface area contributed by atoms with Crippen molar-refractivity contribution < 1.29 is 18.7 Å². The summed E-state index contributed by atoms with van der Waals surface area (Å²) in [6.45, 7) is 6.22. The summed E-state index contributed by atoms with van der Waals surface area (Å²) in [5, 5.41) is 0. The minimum atomic E-state index is -1.16. The lowest BCUT2D eigenvalue weighted by atomic mass is 10.0. The van der Waals surface area contributed by atoms with Crippen molar-refractivity contribution in [2.75, 3.05) is 26.3 Å². The van der Waals surface area contributed by atoms with Crippen LogP contribution >= 0.6 is 0 Å². The number of carbonyl (C=O) groups is 1. The minimum absolute atomic E-state index is 0.0466. The Hall–Kier alpha value is -2.18. The standard InChI is InChI=1S/C22H28N2O4/c1-16-19(23-20(28-16)18-9-5-3-6-10-18)13-17-14-26-22(2,27-15-17)21(25)24-11-7-4-8-12-24/h3,5-6,9-10,17H,4,7-8,11-15H2,1-2H3. The van der Waals surface area contributed by atoms with Crippen molar-refractivity contribution in [3.05, 3.63) is 41.8 Å². The van der Waals surface area contributed by atoms with Crippen LogP contribution in [0.3, 0.4) is 0 Å². The highest BCUT2D eigenvalue weighted by Gasteiger charge is 2.43. The van der Waals surface area contributed by atoms with Gasteiger partial charge >= 0.3 is 0 Å². The van der Waals surface area contributed by atoms with Gasteiger partial charge in [-0.15, -0.1) is 0 Å². The third kappa shape index (κ3) is 3.98. The second-order valence-corrected chi connectivity index (χ2v) is 7.88. The lowest BCUT2D eigenvalue weighted by molar-refractivity contribution is -0.266. The van der Waals surface area contributed by atoms with Crippen LogP contribution in [-0.4, -0.2) is 47.9 Å². The van der Waals surface area contributed by atoms with Crippen LogP contribution in [-0.2, 0) is 20.7 Å². The van der Waals surface area contributed by atoms with Crippen molar-refractivity contribution in [1.82, 2.24) is 9.88 Å². The molecule has 0 spiro atoms. The number of hydrogen-bond acceptors (Lipinski definition) is 5. The lowest BCUT2D eigenvalue weighted by Crippen LogP contribution is -2.55. The SMILES string of the molecule is Cc1oc(-c2ccccc2)nc1CC1COC(C)(C(=O)N2CCCCC2)OC1. The molecule has 0 radical (unpaired) electrons. The molecule has 28 heavy (non-hydrogen) atoms. The molecule has 3 heterocycles. The number of rotatable bonds is 4. The molecule has 150 valence electrons. The molecule has 1 aromatic heterocycles. The van der Waals surface area contributed by atoms with Crippen LogP contribution in [0.4, 0.5) is 0 Å². The van der Waals surface area contributed by atoms with Crippen LogP contribution in [0.2, 0.25) is 0 Å². The number of carbonyl (C=O) groups excluding carboxylic acids is 1. The smallest absolute Gasteiger partial charge is 0.282 e. The molecule has 2 saturated heterocycles. The molecule has 0 atom stereocenters. The molecule has 2 aromatic rings. The number of oxazole rings is 1. The molecule has 1 aromatic carbocycles. The van der Waals surface area contributed by atoms with Gasteiger partial charge in [0, 0.05) is 31.0 Å². The van der Waals surface area contributed by atoms with Crippen molar-refractivity contribution in [3.8, 4) is 11.5 Å². The third-order valence-corrected chi connectivity index (χ3v) is 5.62. The normalized spacial score (nSPS) is 25.6. The van der Waals surface area contributed by atoms with Gasteiger partial charge in [-0.1, -0.05) is 18.2 Å². The number of aryl methyl sites for hydroxylation is 1. The van der Waals surface area contributed by atoms with Crippen LogP contribution in [0, 0.1) is 12.8 Å². The molecule has 4 rings (SSSR count). The van der Waals surface area contributed by atoms with Crippen molar-refractivity contribution in [1.29, 1.82) is 0 Å². The quantitative estimate of drug-likeness (QED) is 0.806. The Balaban J connectivity index is 1.37. The molecule has 2 aliphatic heterocycles. The molecule has 0 bridgehead atoms. The summed E-state index contributed by atoms with van der Waals surface area (Å²) in [6.07, 6.45) is 4.00. The fraction of sp³-hybridized carbons (Fsp3) is 0.545. The highest BCUT2D eigenvalue weighted by Crippen LogP contribution is 2.29. The van der Waals surface area contributed by atoms with Crippen LogP contribution in [0.1, 0.15) is 37.6 Å². The Morgan fingerprint density at radius 2 is 1.82 bits per heavy atom. The summed E-state index contributed by atoms with van der Waals surface area (Å²) in [5.74, 6) is 0.388. The van der Waals surface area contributed by atoms with Gasteiger partial charge in [-0.25, -0.2) is 4.98 Å². The van der Waals surface area contributed by atoms with Crippen molar-refractivity contribution >= 4 is 5.91 Å². The second-order valence-electron chi connectivity index (χ2n) is 7.88. The summed E-state index contributed by atoms with van der Waals surface area (Å²) in [6, 6.07) is 9.88. The van der Waals surface area contributed by atoms with E-state index < -0.39 is 5.79 Å². The van der Waals surface area contributed by atoms with E-state index >= 15 is 0 Å². The van der Waals surface area contributed by atoms with E-state index in [-0.39, 0.29) is 11.8 Å². The van der Waals surface area contributed by atoms with Crippen LogP contribution in [0.5, 0.6) is 0 Å². The zero-order valence-electron chi connectivity index (χ0n) is 16.6. The highest BCUT2D eigenvalue weighted by atomic mass is 16.7. The van der Waals surface area contributed by atoms with Gasteiger partial charge in [-0.2, -0.15) is 0 Å². The number of nitrogens with zero attached hydrogens (tertiary/aromatic N) is 2. The first-order valence-electron chi connectivity index (χ1n) is 10.1. The zero-order valence-corrected chi connectivity index (χ0v) is 16.6. The predicted molar refractivity (Wildman–Crippen MR) is 105 cm³/mol. The van der Waals surface area contributed by atoms with Crippen LogP contribution < -0.4 is 0 Å². The summed E-state index contributed by atoms with van der Waals surface area (Å²) < 4.78 is 17.7. The molecule has 6 nitrogen and oxygen atoms in total. The van der Waals surface area contributed by atoms with Gasteiger partial charge in [-0.3, -0.25) is 4.79 Å². The zero-order chi connectivity index (χ0) is 19.6. The first-order chi connectivity index (χ1) is 13.5. The number of aromatic nitrogens is 1. The maximum Gasteiger partial charge on any atom is 0.282 e. The maximum atomic E-state index is 12.8. The monoisotopic (exact) mass is 384 g/mol. The molecule has 0 N–H and O–H groups in total. The molecule has 0 unspecified atom stereocenters. The fourth-order valence-electron chi connectivity index (χ4n) is 3.86. The minimum Gasteiger partial charge on any atom is -0.441 e. The van der Waals surface area contributed by atoms with Gasteiger partial charge < -0.3 is 18.8 Å². The summed E-state index contributed by atoms with van der Waals surface area (Å²) >= 11 is 0. The Labute approximate surface area is 165 Å². The topological polar surface area (TPSA) is 64.8 Å². The number of likely N-dealkylation sites (tertiary alicyclic amines) is 1. The first kappa shape index (κ1) is 19.2. The van der Waals surface area contributed by atoms with Gasteiger partial charge in [0.1, 0.15) is 5.76 Å². The van der Waals surface area contributed by atoms with E-state index in [0.717, 1.165) is 42.9 Å². The van der Waals surface area contributed by atoms with Crippen LogP contribution in [0.25, 0.3) is 11.5 Å². The Bertz CT molecular complexity index is 803. The number of benzene rings is 1. The van der Waals surface area contributed by atoms with E-state index in [2.05, 4.69) is 4.98 Å². The number of ether oxygens (including phenoxy) is 2. The molecular formula is C22H28N2O4. The average Bonchev–Trinajstić information content (AvgIpc) is 3.11. The van der Waals surface area contributed by atoms with Gasteiger partial charge in [0.15, 0.2) is 0 Å². The lowest BCUT2D eigenvalue weighted by Gasteiger charge is -2.40. The maximum absolute atomic E-state index is 12.8. The second kappa shape index (κ2) is 8.05. The highest BCUT2D eigenvalue weighted by molar-refractivity contribution is 5.83. The molecule has 2 fully saturated rings. The predicted octanol–water partition coefficient (Wildman–Crippen LogP) is 3.58. The third-order valence-electron chi connectivity index (χ3n) is 5.62. The average molecular weight is 384 g/mol. The van der Waals surface area contributed by atoms with Crippen LogP contribution in [0.15, 0.2) is 34.7 Å². The molecule has 0 saturated carbocycles. The Morgan fingerprint density at radius 3 is 2.50 bits per heavy atom. The first-order valence-corrected chi connectivity index (χ1v) is 10.1. The summed E-state index contributed by atoms with van der Waals surface area (Å²) in [7, 11) is 0. The van der Waals surface area contributed by atoms with Gasteiger partial charge in [0.05, 0.1) is 18.9 Å². The van der Waals surface area contributed by atoms with E-state index in [1.807, 2.05) is 42.2 Å². The Kier molecular flexibility index (Phi) is 5.51. The van der Waals surface area contributed by atoms with Crippen molar-refractivity contribution in [2.45, 2.75) is 45.3 Å². The largest absolute Gasteiger partial charge is 0.441 e. The van der Waals surface area contributed by atoms with E-state index in [0.29, 0.717) is 25.5 Å². The van der Waals surface area contributed by atoms with Gasteiger partial charge in [0.25, 0.3) is 5.91 Å². The van der Waals surface area contributed by atoms with E-state index in [4.69, 9.17) is 13.9 Å². The van der Waals surface area contributed by atoms with Crippen molar-refractivity contribution in [2.24, 2.45) is 5.92 Å². The molecule has 6 heteroatoms. The summed E-state index contributed by atoms with van der Waals surface area (Å²) in [5.41, 5.74) is 1.88. The van der Waals surface area contributed by atoms with E-state index in [1.165, 1.54) is 6.42 Å². The Morgan fingerprint density at radius 1 is 1.14 bits per heavy atom. The van der Waals surface area contributed by atoms with Crippen molar-refractivity contribution in [3.63, 3.8) is 0 Å². The summed E-state index contributed by atoms with van der Waals surface area (Å²) in [4.78, 5) is 19.3. The van der Waals surface area contributed by atoms with Gasteiger partial charge in [-0.05, 0) is 45.2 Å². The fourth-order valence-corrected chi connectivity index (χ4v) is 3.86. The number of piperidine rings is 1.